The van der Waals surface area contributed by atoms with Gasteiger partial charge in [0.05, 0.1) is 6.54 Å². The molecule has 97 heavy (non-hydrogen) atoms. The lowest BCUT2D eigenvalue weighted by molar-refractivity contribution is -0.161. The summed E-state index contributed by atoms with van der Waals surface area (Å²) in [6, 6.07) is 11.5. The maximum atomic E-state index is 14.4. The van der Waals surface area contributed by atoms with Gasteiger partial charge in [-0.2, -0.15) is 11.8 Å². The van der Waals surface area contributed by atoms with E-state index >= 15 is 0 Å². The number of esters is 5. The first kappa shape index (κ1) is 85.0. The molecule has 3 rings (SSSR count). The Labute approximate surface area is 586 Å². The lowest BCUT2D eigenvalue weighted by Gasteiger charge is -2.27. The SMILES string of the molecule is CCCCCCCCCCCCCCCC(=O)OC[C@H](CSC[C@H](NC(=O)OCC1c2ccccc2-c2ccccc21)C(=O)NCC(=O)N[C@@H](CCC(=O)OC(C)(C)C)C(=O)N[C@@H](CCC(=O)OC(C)(C)C)C(=O)OC(C)(C)C)OC(=O)CCCCCCCCCCCCCCC. The van der Waals surface area contributed by atoms with Gasteiger partial charge in [-0.1, -0.05) is 216 Å². The molecule has 2 aromatic carbocycles. The van der Waals surface area contributed by atoms with Gasteiger partial charge in [-0.05, 0) is 110 Å². The van der Waals surface area contributed by atoms with E-state index < -0.39 is 101 Å². The third-order valence-electron chi connectivity index (χ3n) is 16.4. The second kappa shape index (κ2) is 47.7. The van der Waals surface area contributed by atoms with Crippen molar-refractivity contribution in [3.05, 3.63) is 59.7 Å². The molecule has 0 unspecified atom stereocenters. The van der Waals surface area contributed by atoms with Gasteiger partial charge in [-0.3, -0.25) is 33.6 Å². The molecule has 0 spiro atoms. The van der Waals surface area contributed by atoms with Crippen molar-refractivity contribution in [1.82, 2.24) is 21.3 Å². The molecule has 0 bridgehead atoms. The fraction of sp³-hybridized carbons (Fsp3) is 0.727. The molecule has 4 amide bonds. The quantitative estimate of drug-likeness (QED) is 0.0273. The van der Waals surface area contributed by atoms with E-state index in [2.05, 4.69) is 35.1 Å². The van der Waals surface area contributed by atoms with Crippen LogP contribution in [0, 0.1) is 0 Å². The molecular formula is C77H124N4O15S. The fourth-order valence-electron chi connectivity index (χ4n) is 11.5. The highest BCUT2D eigenvalue weighted by molar-refractivity contribution is 7.99. The van der Waals surface area contributed by atoms with Crippen molar-refractivity contribution in [1.29, 1.82) is 0 Å². The van der Waals surface area contributed by atoms with Gasteiger partial charge < -0.3 is 49.7 Å². The minimum Gasteiger partial charge on any atom is -0.462 e. The zero-order valence-corrected chi connectivity index (χ0v) is 62.0. The number of amides is 4. The van der Waals surface area contributed by atoms with Crippen molar-refractivity contribution in [2.75, 3.05) is 31.3 Å². The summed E-state index contributed by atoms with van der Waals surface area (Å²) in [5, 5.41) is 10.4. The van der Waals surface area contributed by atoms with Crippen molar-refractivity contribution >= 4 is 65.4 Å². The Morgan fingerprint density at radius 1 is 0.433 bits per heavy atom. The van der Waals surface area contributed by atoms with Gasteiger partial charge in [0.1, 0.15) is 54.2 Å². The number of unbranched alkanes of at least 4 members (excludes halogenated alkanes) is 24. The normalized spacial score (nSPS) is 13.4. The number of thioether (sulfide) groups is 1. The van der Waals surface area contributed by atoms with Crippen LogP contribution < -0.4 is 21.3 Å². The first-order chi connectivity index (χ1) is 46.2. The number of rotatable bonds is 51. The minimum atomic E-state index is -1.47. The fourth-order valence-corrected chi connectivity index (χ4v) is 12.5. The van der Waals surface area contributed by atoms with Crippen LogP contribution in [-0.2, 0) is 66.8 Å². The Morgan fingerprint density at radius 3 is 1.31 bits per heavy atom. The molecule has 0 aromatic heterocycles. The summed E-state index contributed by atoms with van der Waals surface area (Å²) in [5.74, 6) is -5.88. The predicted molar refractivity (Wildman–Crippen MR) is 384 cm³/mol. The van der Waals surface area contributed by atoms with Gasteiger partial charge in [0.25, 0.3) is 0 Å². The predicted octanol–water partition coefficient (Wildman–Crippen LogP) is 15.7. The summed E-state index contributed by atoms with van der Waals surface area (Å²) < 4.78 is 34.1. The van der Waals surface area contributed by atoms with E-state index in [1.165, 1.54) is 116 Å². The van der Waals surface area contributed by atoms with E-state index in [-0.39, 0.29) is 69.2 Å². The molecule has 0 heterocycles. The number of ether oxygens (including phenoxy) is 6. The summed E-state index contributed by atoms with van der Waals surface area (Å²) >= 11 is 1.16. The zero-order chi connectivity index (χ0) is 71.5. The van der Waals surface area contributed by atoms with Crippen LogP contribution in [0.4, 0.5) is 4.79 Å². The summed E-state index contributed by atoms with van der Waals surface area (Å²) in [4.78, 5) is 122. The number of hydrogen-bond acceptors (Lipinski definition) is 16. The van der Waals surface area contributed by atoms with Gasteiger partial charge in [0.15, 0.2) is 0 Å². The highest BCUT2D eigenvalue weighted by Crippen LogP contribution is 2.44. The highest BCUT2D eigenvalue weighted by atomic mass is 32.2. The molecule has 0 saturated heterocycles. The second-order valence-electron chi connectivity index (χ2n) is 29.0. The molecule has 4 N–H and O–H groups in total. The average molecular weight is 1380 g/mol. The number of carbonyl (C=O) groups is 9. The van der Waals surface area contributed by atoms with Crippen molar-refractivity contribution < 1.29 is 71.6 Å². The zero-order valence-electron chi connectivity index (χ0n) is 61.2. The van der Waals surface area contributed by atoms with E-state index in [1.54, 1.807) is 62.3 Å². The maximum Gasteiger partial charge on any atom is 0.407 e. The molecule has 4 atom stereocenters. The van der Waals surface area contributed by atoms with Crippen molar-refractivity contribution in [2.45, 2.75) is 329 Å². The van der Waals surface area contributed by atoms with Crippen LogP contribution in [-0.4, -0.2) is 126 Å². The van der Waals surface area contributed by atoms with Gasteiger partial charge in [0, 0.05) is 43.1 Å². The van der Waals surface area contributed by atoms with Crippen LogP contribution in [0.15, 0.2) is 48.5 Å². The maximum absolute atomic E-state index is 14.4. The van der Waals surface area contributed by atoms with Crippen LogP contribution in [0.1, 0.15) is 299 Å². The minimum absolute atomic E-state index is 0.0613. The lowest BCUT2D eigenvalue weighted by atomic mass is 9.98. The van der Waals surface area contributed by atoms with E-state index in [1.807, 2.05) is 48.5 Å². The van der Waals surface area contributed by atoms with Crippen molar-refractivity contribution in [3.63, 3.8) is 0 Å². The Balaban J connectivity index is 1.79. The average Bonchev–Trinajstić information content (AvgIpc) is 1.62. The third kappa shape index (κ3) is 39.9. The molecule has 0 radical (unpaired) electrons. The Hall–Kier alpha value is -6.18. The van der Waals surface area contributed by atoms with E-state index in [4.69, 9.17) is 28.4 Å². The molecule has 19 nitrogen and oxygen atoms in total. The van der Waals surface area contributed by atoms with Crippen LogP contribution in [0.25, 0.3) is 11.1 Å². The monoisotopic (exact) mass is 1380 g/mol. The van der Waals surface area contributed by atoms with E-state index in [9.17, 15) is 43.2 Å². The molecule has 0 saturated carbocycles. The molecule has 20 heteroatoms. The number of fused-ring (bicyclic) bond motifs is 3. The van der Waals surface area contributed by atoms with Gasteiger partial charge in [0.2, 0.25) is 17.7 Å². The van der Waals surface area contributed by atoms with Crippen LogP contribution in [0.2, 0.25) is 0 Å². The topological polar surface area (TPSA) is 257 Å². The summed E-state index contributed by atoms with van der Waals surface area (Å²) in [5.41, 5.74) is 1.33. The standard InChI is InChI=1S/C77H124N4O15S/c1-12-14-16-18-20-22-24-26-28-30-32-34-36-46-67(83)91-53-57(93-68(84)47-37-35-33-31-29-27-25-23-21-19-17-15-13-2)55-97-56-65(81-74(90)92-54-62-60-44-40-38-42-58(60)59-43-39-41-45-61(59)62)71(87)78-52-66(82)79-63(48-50-69(85)94-75(3,4)5)72(88)80-64(73(89)96-77(9,10)11)49-51-70(86)95-76(6,7)8/h38-45,57,62-65H,12-37,46-56H2,1-11H3,(H,78,87)(H,79,82)(H,80,88)(H,81,90)/t57-,63+,64+,65+/m1/s1. The first-order valence-corrected chi connectivity index (χ1v) is 37.9. The smallest absolute Gasteiger partial charge is 0.407 e. The second-order valence-corrected chi connectivity index (χ2v) is 30.1. The van der Waals surface area contributed by atoms with Gasteiger partial charge in [-0.15, -0.1) is 0 Å². The molecule has 2 aromatic rings. The summed E-state index contributed by atoms with van der Waals surface area (Å²) in [7, 11) is 0. The highest BCUT2D eigenvalue weighted by Gasteiger charge is 2.34. The molecule has 1 aliphatic carbocycles. The van der Waals surface area contributed by atoms with Gasteiger partial charge >= 0.3 is 35.9 Å². The Bertz CT molecular complexity index is 2620. The third-order valence-corrected chi connectivity index (χ3v) is 17.6. The number of alkyl carbamates (subject to hydrolysis) is 1. The number of benzene rings is 2. The van der Waals surface area contributed by atoms with E-state index in [0.717, 1.165) is 72.5 Å². The Morgan fingerprint density at radius 2 is 0.856 bits per heavy atom. The summed E-state index contributed by atoms with van der Waals surface area (Å²) in [6.45, 7) is 18.5. The largest absolute Gasteiger partial charge is 0.462 e. The molecule has 0 fully saturated rings. The van der Waals surface area contributed by atoms with Crippen molar-refractivity contribution in [3.8, 4) is 11.1 Å². The molecule has 0 aliphatic heterocycles. The Kier molecular flexibility index (Phi) is 41.9. The molecule has 548 valence electrons. The number of hydrogen-bond donors (Lipinski definition) is 4. The van der Waals surface area contributed by atoms with Crippen LogP contribution in [0.5, 0.6) is 0 Å². The van der Waals surface area contributed by atoms with E-state index in [0.29, 0.717) is 12.8 Å². The van der Waals surface area contributed by atoms with Crippen molar-refractivity contribution in [2.24, 2.45) is 0 Å². The number of carbonyl (C=O) groups excluding carboxylic acids is 9. The molecular weight excluding hydrogens is 1250 g/mol. The number of nitrogens with one attached hydrogen (secondary N) is 4. The van der Waals surface area contributed by atoms with Crippen LogP contribution >= 0.6 is 11.8 Å². The lowest BCUT2D eigenvalue weighted by Crippen LogP contribution is -2.55. The van der Waals surface area contributed by atoms with Crippen LogP contribution in [0.3, 0.4) is 0 Å². The molecule has 1 aliphatic rings. The first-order valence-electron chi connectivity index (χ1n) is 36.8. The summed E-state index contributed by atoms with van der Waals surface area (Å²) in [6.07, 6.45) is 27.7. The van der Waals surface area contributed by atoms with Gasteiger partial charge in [-0.25, -0.2) is 9.59 Å².